The normalized spacial score (nSPS) is 10.6. The van der Waals surface area contributed by atoms with Gasteiger partial charge in [0, 0.05) is 13.5 Å². The minimum absolute atomic E-state index is 0.614. The lowest BCUT2D eigenvalue weighted by Crippen LogP contribution is -2.11. The lowest BCUT2D eigenvalue weighted by atomic mass is 10.5. The first-order valence-corrected chi connectivity index (χ1v) is 4.37. The SMILES string of the molecule is CCNCc1nnc(CCOC)o1. The molecular weight excluding hydrogens is 170 g/mol. The van der Waals surface area contributed by atoms with E-state index in [1.807, 2.05) is 6.92 Å². The molecule has 0 aliphatic rings. The van der Waals surface area contributed by atoms with Crippen molar-refractivity contribution in [3.63, 3.8) is 0 Å². The van der Waals surface area contributed by atoms with Crippen LogP contribution >= 0.6 is 0 Å². The third kappa shape index (κ3) is 3.52. The number of aromatic nitrogens is 2. The van der Waals surface area contributed by atoms with Gasteiger partial charge in [-0.2, -0.15) is 0 Å². The fourth-order valence-corrected chi connectivity index (χ4v) is 0.882. The monoisotopic (exact) mass is 185 g/mol. The van der Waals surface area contributed by atoms with Gasteiger partial charge in [-0.25, -0.2) is 0 Å². The van der Waals surface area contributed by atoms with Crippen molar-refractivity contribution < 1.29 is 9.15 Å². The number of hydrogen-bond acceptors (Lipinski definition) is 5. The molecule has 0 saturated carbocycles. The number of ether oxygens (including phenoxy) is 1. The largest absolute Gasteiger partial charge is 0.424 e. The average Bonchev–Trinajstić information content (AvgIpc) is 2.59. The van der Waals surface area contributed by atoms with Crippen LogP contribution in [0.15, 0.2) is 4.42 Å². The summed E-state index contributed by atoms with van der Waals surface area (Å²) in [6, 6.07) is 0. The van der Waals surface area contributed by atoms with E-state index < -0.39 is 0 Å². The van der Waals surface area contributed by atoms with Gasteiger partial charge in [-0.3, -0.25) is 0 Å². The fourth-order valence-electron chi connectivity index (χ4n) is 0.882. The molecule has 74 valence electrons. The molecule has 0 spiro atoms. The Morgan fingerprint density at radius 3 is 2.85 bits per heavy atom. The first-order valence-electron chi connectivity index (χ1n) is 4.37. The standard InChI is InChI=1S/C8H15N3O2/c1-3-9-6-8-11-10-7(13-8)4-5-12-2/h9H,3-6H2,1-2H3. The Bertz CT molecular complexity index is 215. The van der Waals surface area contributed by atoms with Gasteiger partial charge in [0.05, 0.1) is 13.2 Å². The van der Waals surface area contributed by atoms with E-state index in [-0.39, 0.29) is 0 Å². The van der Waals surface area contributed by atoms with Gasteiger partial charge in [-0.15, -0.1) is 10.2 Å². The molecular formula is C8H15N3O2. The molecule has 1 heterocycles. The quantitative estimate of drug-likeness (QED) is 0.693. The summed E-state index contributed by atoms with van der Waals surface area (Å²) < 4.78 is 10.2. The van der Waals surface area contributed by atoms with Crippen LogP contribution in [0.4, 0.5) is 0 Å². The van der Waals surface area contributed by atoms with E-state index in [0.717, 1.165) is 6.54 Å². The van der Waals surface area contributed by atoms with Gasteiger partial charge < -0.3 is 14.5 Å². The van der Waals surface area contributed by atoms with Crippen molar-refractivity contribution in [2.24, 2.45) is 0 Å². The van der Waals surface area contributed by atoms with Gasteiger partial charge in [-0.05, 0) is 6.54 Å². The predicted octanol–water partition coefficient (Wildman–Crippen LogP) is 0.368. The highest BCUT2D eigenvalue weighted by Crippen LogP contribution is 1.99. The summed E-state index contributed by atoms with van der Waals surface area (Å²) in [7, 11) is 1.65. The summed E-state index contributed by atoms with van der Waals surface area (Å²) >= 11 is 0. The zero-order valence-electron chi connectivity index (χ0n) is 8.04. The van der Waals surface area contributed by atoms with Gasteiger partial charge in [-0.1, -0.05) is 6.92 Å². The minimum Gasteiger partial charge on any atom is -0.424 e. The van der Waals surface area contributed by atoms with Crippen molar-refractivity contribution in [1.29, 1.82) is 0 Å². The zero-order chi connectivity index (χ0) is 9.52. The maximum Gasteiger partial charge on any atom is 0.230 e. The Morgan fingerprint density at radius 2 is 2.15 bits per heavy atom. The Labute approximate surface area is 77.5 Å². The fraction of sp³-hybridized carbons (Fsp3) is 0.750. The van der Waals surface area contributed by atoms with E-state index >= 15 is 0 Å². The highest BCUT2D eigenvalue weighted by Gasteiger charge is 2.03. The van der Waals surface area contributed by atoms with Gasteiger partial charge >= 0.3 is 0 Å². The first kappa shape index (κ1) is 10.1. The van der Waals surface area contributed by atoms with Gasteiger partial charge in [0.1, 0.15) is 0 Å². The second kappa shape index (κ2) is 5.66. The maximum atomic E-state index is 5.32. The van der Waals surface area contributed by atoms with Gasteiger partial charge in [0.25, 0.3) is 0 Å². The molecule has 0 amide bonds. The van der Waals surface area contributed by atoms with Crippen LogP contribution in [0.2, 0.25) is 0 Å². The molecule has 0 aromatic carbocycles. The number of rotatable bonds is 6. The summed E-state index contributed by atoms with van der Waals surface area (Å²) in [4.78, 5) is 0. The topological polar surface area (TPSA) is 60.2 Å². The van der Waals surface area contributed by atoms with Crippen molar-refractivity contribution in [1.82, 2.24) is 15.5 Å². The highest BCUT2D eigenvalue weighted by atomic mass is 16.5. The van der Waals surface area contributed by atoms with Crippen molar-refractivity contribution in [3.05, 3.63) is 11.8 Å². The Kier molecular flexibility index (Phi) is 4.42. The molecule has 1 aromatic rings. The Hall–Kier alpha value is -0.940. The lowest BCUT2D eigenvalue weighted by molar-refractivity contribution is 0.194. The Morgan fingerprint density at radius 1 is 1.38 bits per heavy atom. The van der Waals surface area contributed by atoms with Crippen molar-refractivity contribution in [2.75, 3.05) is 20.3 Å². The smallest absolute Gasteiger partial charge is 0.230 e. The molecule has 1 aromatic heterocycles. The summed E-state index contributed by atoms with van der Waals surface area (Å²) in [5.74, 6) is 1.27. The van der Waals surface area contributed by atoms with Gasteiger partial charge in [0.15, 0.2) is 0 Å². The molecule has 0 saturated heterocycles. The molecule has 13 heavy (non-hydrogen) atoms. The van der Waals surface area contributed by atoms with E-state index in [0.29, 0.717) is 31.4 Å². The Balaban J connectivity index is 2.34. The molecule has 5 nitrogen and oxygen atoms in total. The van der Waals surface area contributed by atoms with E-state index in [1.165, 1.54) is 0 Å². The molecule has 0 aliphatic carbocycles. The maximum absolute atomic E-state index is 5.32. The molecule has 1 rings (SSSR count). The highest BCUT2D eigenvalue weighted by molar-refractivity contribution is 4.81. The minimum atomic E-state index is 0.614. The van der Waals surface area contributed by atoms with Crippen LogP contribution in [0.3, 0.4) is 0 Å². The molecule has 0 atom stereocenters. The number of nitrogens with one attached hydrogen (secondary N) is 1. The van der Waals surface area contributed by atoms with E-state index in [4.69, 9.17) is 9.15 Å². The van der Waals surface area contributed by atoms with E-state index in [9.17, 15) is 0 Å². The predicted molar refractivity (Wildman–Crippen MR) is 47.3 cm³/mol. The second-order valence-corrected chi connectivity index (χ2v) is 2.61. The van der Waals surface area contributed by atoms with Crippen molar-refractivity contribution in [2.45, 2.75) is 19.9 Å². The van der Waals surface area contributed by atoms with Crippen LogP contribution in [0.5, 0.6) is 0 Å². The molecule has 0 aliphatic heterocycles. The third-order valence-corrected chi connectivity index (χ3v) is 1.55. The van der Waals surface area contributed by atoms with Crippen LogP contribution < -0.4 is 5.32 Å². The number of nitrogens with zero attached hydrogens (tertiary/aromatic N) is 2. The summed E-state index contributed by atoms with van der Waals surface area (Å²) in [5.41, 5.74) is 0. The molecule has 0 fully saturated rings. The van der Waals surface area contributed by atoms with Gasteiger partial charge in [0.2, 0.25) is 11.8 Å². The van der Waals surface area contributed by atoms with Crippen LogP contribution in [-0.4, -0.2) is 30.5 Å². The first-order chi connectivity index (χ1) is 6.36. The summed E-state index contributed by atoms with van der Waals surface area (Å²) in [6.45, 7) is 4.18. The third-order valence-electron chi connectivity index (χ3n) is 1.55. The molecule has 0 radical (unpaired) electrons. The van der Waals surface area contributed by atoms with E-state index in [1.54, 1.807) is 7.11 Å². The zero-order valence-corrected chi connectivity index (χ0v) is 8.04. The molecule has 0 unspecified atom stereocenters. The van der Waals surface area contributed by atoms with Crippen LogP contribution in [0, 0.1) is 0 Å². The molecule has 5 heteroatoms. The average molecular weight is 185 g/mol. The lowest BCUT2D eigenvalue weighted by Gasteiger charge is -1.94. The summed E-state index contributed by atoms with van der Waals surface area (Å²) in [5, 5.41) is 10.8. The van der Waals surface area contributed by atoms with E-state index in [2.05, 4.69) is 15.5 Å². The number of methoxy groups -OCH3 is 1. The van der Waals surface area contributed by atoms with Crippen molar-refractivity contribution in [3.8, 4) is 0 Å². The second-order valence-electron chi connectivity index (χ2n) is 2.61. The molecule has 1 N–H and O–H groups in total. The number of hydrogen-bond donors (Lipinski definition) is 1. The summed E-state index contributed by atoms with van der Waals surface area (Å²) in [6.07, 6.45) is 0.676. The van der Waals surface area contributed by atoms with Crippen LogP contribution in [0.1, 0.15) is 18.7 Å². The van der Waals surface area contributed by atoms with Crippen LogP contribution in [-0.2, 0) is 17.7 Å². The van der Waals surface area contributed by atoms with Crippen LogP contribution in [0.25, 0.3) is 0 Å². The molecule has 0 bridgehead atoms. The van der Waals surface area contributed by atoms with Crippen molar-refractivity contribution >= 4 is 0 Å².